The van der Waals surface area contributed by atoms with Gasteiger partial charge in [0.2, 0.25) is 0 Å². The maximum Gasteiger partial charge on any atom is 0.336 e. The smallest absolute Gasteiger partial charge is 0.336 e. The molecule has 0 fully saturated rings. The minimum absolute atomic E-state index is 0.383. The van der Waals surface area contributed by atoms with Gasteiger partial charge in [0, 0.05) is 11.0 Å². The van der Waals surface area contributed by atoms with Crippen LogP contribution in [0, 0.1) is 0 Å². The van der Waals surface area contributed by atoms with Crippen molar-refractivity contribution in [3.63, 3.8) is 0 Å². The summed E-state index contributed by atoms with van der Waals surface area (Å²) in [6, 6.07) is 27.4. The second-order valence-electron chi connectivity index (χ2n) is 5.05. The van der Waals surface area contributed by atoms with Gasteiger partial charge >= 0.3 is 5.97 Å². The summed E-state index contributed by atoms with van der Waals surface area (Å²) in [5.41, 5.74) is 2.22. The van der Waals surface area contributed by atoms with Crippen LogP contribution in [-0.4, -0.2) is 5.97 Å². The number of hydrogen-bond donors (Lipinski definition) is 0. The first-order valence-corrected chi connectivity index (χ1v) is 8.45. The Kier molecular flexibility index (Phi) is 5.48. The number of thioether (sulfide) groups is 1. The molecular formula is C21H16O2S. The van der Waals surface area contributed by atoms with Gasteiger partial charge in [-0.25, -0.2) is 4.79 Å². The summed E-state index contributed by atoms with van der Waals surface area (Å²) >= 11 is 1.48. The van der Waals surface area contributed by atoms with Gasteiger partial charge in [-0.2, -0.15) is 0 Å². The van der Waals surface area contributed by atoms with E-state index in [-0.39, 0.29) is 5.97 Å². The summed E-state index contributed by atoms with van der Waals surface area (Å²) in [7, 11) is 0. The lowest BCUT2D eigenvalue weighted by Gasteiger charge is -2.04. The van der Waals surface area contributed by atoms with Crippen LogP contribution in [0.1, 0.15) is 0 Å². The third kappa shape index (κ3) is 4.61. The van der Waals surface area contributed by atoms with Gasteiger partial charge in [-0.15, -0.1) is 0 Å². The molecule has 0 radical (unpaired) electrons. The van der Waals surface area contributed by atoms with E-state index in [1.165, 1.54) is 17.8 Å². The standard InChI is InChI=1S/C21H16O2S/c22-21(15-16-24-20-9-5-2-6-10-20)23-19-13-11-18(12-14-19)17-7-3-1-4-8-17/h1-16H/b16-15+. The highest BCUT2D eigenvalue weighted by Gasteiger charge is 2.02. The first-order chi connectivity index (χ1) is 11.8. The molecule has 0 saturated carbocycles. The Balaban J connectivity index is 1.57. The fourth-order valence-electron chi connectivity index (χ4n) is 2.16. The zero-order chi connectivity index (χ0) is 16.6. The highest BCUT2D eigenvalue weighted by atomic mass is 32.2. The van der Waals surface area contributed by atoms with E-state index >= 15 is 0 Å². The maximum atomic E-state index is 11.8. The van der Waals surface area contributed by atoms with E-state index < -0.39 is 0 Å². The van der Waals surface area contributed by atoms with Gasteiger partial charge in [0.1, 0.15) is 5.75 Å². The summed E-state index contributed by atoms with van der Waals surface area (Å²) in [4.78, 5) is 12.9. The molecule has 0 bridgehead atoms. The first-order valence-electron chi connectivity index (χ1n) is 7.57. The van der Waals surface area contributed by atoms with Gasteiger partial charge in [0.05, 0.1) is 0 Å². The van der Waals surface area contributed by atoms with Crippen molar-refractivity contribution in [3.05, 3.63) is 96.4 Å². The molecule has 0 spiro atoms. The molecule has 0 aliphatic rings. The SMILES string of the molecule is O=C(/C=C/Sc1ccccc1)Oc1ccc(-c2ccccc2)cc1. The van der Waals surface area contributed by atoms with Crippen molar-refractivity contribution < 1.29 is 9.53 Å². The van der Waals surface area contributed by atoms with Crippen molar-refractivity contribution in [3.8, 4) is 16.9 Å². The Bertz CT molecular complexity index is 809. The summed E-state index contributed by atoms with van der Waals surface area (Å²) in [5.74, 6) is 0.153. The monoisotopic (exact) mass is 332 g/mol. The average molecular weight is 332 g/mol. The molecule has 3 heteroatoms. The lowest BCUT2D eigenvalue weighted by molar-refractivity contribution is -0.128. The van der Waals surface area contributed by atoms with Crippen molar-refractivity contribution >= 4 is 17.7 Å². The van der Waals surface area contributed by atoms with Gasteiger partial charge < -0.3 is 4.74 Å². The molecule has 0 aromatic heterocycles. The Morgan fingerprint density at radius 3 is 2.00 bits per heavy atom. The zero-order valence-electron chi connectivity index (χ0n) is 13.0. The van der Waals surface area contributed by atoms with E-state index in [1.54, 1.807) is 17.5 Å². The molecule has 0 aliphatic carbocycles. The lowest BCUT2D eigenvalue weighted by atomic mass is 10.1. The van der Waals surface area contributed by atoms with Crippen LogP contribution < -0.4 is 4.74 Å². The third-order valence-corrected chi connectivity index (χ3v) is 4.15. The molecule has 0 atom stereocenters. The topological polar surface area (TPSA) is 26.3 Å². The van der Waals surface area contributed by atoms with E-state index in [0.29, 0.717) is 5.75 Å². The first kappa shape index (κ1) is 16.1. The second-order valence-corrected chi connectivity index (χ2v) is 6.02. The quantitative estimate of drug-likeness (QED) is 0.265. The molecule has 0 unspecified atom stereocenters. The second kappa shape index (κ2) is 8.18. The largest absolute Gasteiger partial charge is 0.423 e. The molecule has 2 nitrogen and oxygen atoms in total. The lowest BCUT2D eigenvalue weighted by Crippen LogP contribution is -2.03. The number of carbonyl (C=O) groups is 1. The molecule has 0 aliphatic heterocycles. The molecule has 0 N–H and O–H groups in total. The van der Waals surface area contributed by atoms with Crippen molar-refractivity contribution in [2.24, 2.45) is 0 Å². The fraction of sp³-hybridized carbons (Fsp3) is 0. The van der Waals surface area contributed by atoms with E-state index in [9.17, 15) is 4.79 Å². The Morgan fingerprint density at radius 1 is 0.750 bits per heavy atom. The molecule has 3 aromatic rings. The van der Waals surface area contributed by atoms with Crippen LogP contribution in [-0.2, 0) is 4.79 Å². The maximum absolute atomic E-state index is 11.8. The van der Waals surface area contributed by atoms with Crippen LogP contribution in [0.4, 0.5) is 0 Å². The Hall–Kier alpha value is -2.78. The van der Waals surface area contributed by atoms with E-state index in [0.717, 1.165) is 16.0 Å². The fourth-order valence-corrected chi connectivity index (χ4v) is 2.81. The highest BCUT2D eigenvalue weighted by molar-refractivity contribution is 8.02. The highest BCUT2D eigenvalue weighted by Crippen LogP contribution is 2.22. The molecule has 3 rings (SSSR count). The predicted molar refractivity (Wildman–Crippen MR) is 99.0 cm³/mol. The van der Waals surface area contributed by atoms with Crippen molar-refractivity contribution in [1.82, 2.24) is 0 Å². The Labute approximate surface area is 145 Å². The van der Waals surface area contributed by atoms with Crippen LogP contribution in [0.25, 0.3) is 11.1 Å². The molecule has 3 aromatic carbocycles. The van der Waals surface area contributed by atoms with Gasteiger partial charge in [0.15, 0.2) is 0 Å². The van der Waals surface area contributed by atoms with Gasteiger partial charge in [-0.3, -0.25) is 0 Å². The molecule has 0 amide bonds. The molecule has 118 valence electrons. The minimum atomic E-state index is -0.383. The summed E-state index contributed by atoms with van der Waals surface area (Å²) in [6.07, 6.45) is 1.43. The normalized spacial score (nSPS) is 10.7. The number of carbonyl (C=O) groups excluding carboxylic acids is 1. The van der Waals surface area contributed by atoms with Crippen molar-refractivity contribution in [1.29, 1.82) is 0 Å². The summed E-state index contributed by atoms with van der Waals surface area (Å²) in [5, 5.41) is 1.73. The molecular weight excluding hydrogens is 316 g/mol. The average Bonchev–Trinajstić information content (AvgIpc) is 2.64. The van der Waals surface area contributed by atoms with E-state index in [1.807, 2.05) is 72.8 Å². The van der Waals surface area contributed by atoms with E-state index in [4.69, 9.17) is 4.74 Å². The number of ether oxygens (including phenoxy) is 1. The minimum Gasteiger partial charge on any atom is -0.423 e. The number of esters is 1. The molecule has 24 heavy (non-hydrogen) atoms. The van der Waals surface area contributed by atoms with Crippen LogP contribution in [0.3, 0.4) is 0 Å². The zero-order valence-corrected chi connectivity index (χ0v) is 13.8. The number of benzene rings is 3. The molecule has 0 saturated heterocycles. The van der Waals surface area contributed by atoms with Gasteiger partial charge in [-0.1, -0.05) is 72.4 Å². The summed E-state index contributed by atoms with van der Waals surface area (Å²) < 4.78 is 5.30. The third-order valence-electron chi connectivity index (χ3n) is 3.33. The molecule has 0 heterocycles. The van der Waals surface area contributed by atoms with Gasteiger partial charge in [0.25, 0.3) is 0 Å². The summed E-state index contributed by atoms with van der Waals surface area (Å²) in [6.45, 7) is 0. The number of hydrogen-bond acceptors (Lipinski definition) is 3. The van der Waals surface area contributed by atoms with Crippen LogP contribution >= 0.6 is 11.8 Å². The van der Waals surface area contributed by atoms with Gasteiger partial charge in [-0.05, 0) is 40.8 Å². The van der Waals surface area contributed by atoms with Crippen LogP contribution in [0.2, 0.25) is 0 Å². The van der Waals surface area contributed by atoms with Crippen LogP contribution in [0.15, 0.2) is 101 Å². The predicted octanol–water partition coefficient (Wildman–Crippen LogP) is 5.57. The van der Waals surface area contributed by atoms with Crippen molar-refractivity contribution in [2.75, 3.05) is 0 Å². The Morgan fingerprint density at radius 2 is 1.33 bits per heavy atom. The van der Waals surface area contributed by atoms with Crippen molar-refractivity contribution in [2.45, 2.75) is 4.90 Å². The van der Waals surface area contributed by atoms with E-state index in [2.05, 4.69) is 0 Å². The van der Waals surface area contributed by atoms with Crippen LogP contribution in [0.5, 0.6) is 5.75 Å². The number of rotatable bonds is 5.